The van der Waals surface area contributed by atoms with E-state index in [4.69, 9.17) is 4.74 Å². The summed E-state index contributed by atoms with van der Waals surface area (Å²) in [7, 11) is 0. The van der Waals surface area contributed by atoms with E-state index in [9.17, 15) is 15.0 Å². The van der Waals surface area contributed by atoms with E-state index in [1.165, 1.54) is 0 Å². The summed E-state index contributed by atoms with van der Waals surface area (Å²) in [6.45, 7) is 1.10. The van der Waals surface area contributed by atoms with Crippen molar-refractivity contribution in [3.05, 3.63) is 0 Å². The van der Waals surface area contributed by atoms with Crippen LogP contribution < -0.4 is 0 Å². The van der Waals surface area contributed by atoms with Gasteiger partial charge in [0.25, 0.3) is 0 Å². The summed E-state index contributed by atoms with van der Waals surface area (Å²) >= 11 is 1.65. The minimum absolute atomic E-state index is 0.444. The maximum absolute atomic E-state index is 11.7. The van der Waals surface area contributed by atoms with Gasteiger partial charge in [0.15, 0.2) is 0 Å². The van der Waals surface area contributed by atoms with E-state index in [1.54, 1.807) is 11.8 Å². The molecule has 0 radical (unpaired) electrons. The quantitative estimate of drug-likeness (QED) is 0.788. The fourth-order valence-corrected chi connectivity index (χ4v) is 4.32. The number of rotatable bonds is 2. The van der Waals surface area contributed by atoms with Crippen LogP contribution in [-0.2, 0) is 9.53 Å². The molecule has 2 atom stereocenters. The molecule has 5 heteroatoms. The molecule has 98 valence electrons. The van der Waals surface area contributed by atoms with E-state index in [0.717, 1.165) is 18.6 Å². The van der Waals surface area contributed by atoms with E-state index in [0.29, 0.717) is 38.2 Å². The van der Waals surface area contributed by atoms with Crippen LogP contribution in [0.25, 0.3) is 0 Å². The van der Waals surface area contributed by atoms with Crippen LogP contribution in [0.4, 0.5) is 0 Å². The van der Waals surface area contributed by atoms with Crippen molar-refractivity contribution in [3.63, 3.8) is 0 Å². The predicted molar refractivity (Wildman–Crippen MR) is 66.2 cm³/mol. The topological polar surface area (TPSA) is 66.8 Å². The van der Waals surface area contributed by atoms with Crippen molar-refractivity contribution in [2.75, 3.05) is 24.7 Å². The van der Waals surface area contributed by atoms with Crippen LogP contribution in [0.2, 0.25) is 0 Å². The molecule has 0 aliphatic carbocycles. The first-order chi connectivity index (χ1) is 8.11. The third kappa shape index (κ3) is 2.33. The Morgan fingerprint density at radius 3 is 2.65 bits per heavy atom. The lowest BCUT2D eigenvalue weighted by Crippen LogP contribution is -2.56. The zero-order chi connectivity index (χ0) is 12.4. The van der Waals surface area contributed by atoms with Crippen molar-refractivity contribution < 1.29 is 19.7 Å². The van der Waals surface area contributed by atoms with Crippen LogP contribution in [-0.4, -0.2) is 46.5 Å². The van der Waals surface area contributed by atoms with Gasteiger partial charge >= 0.3 is 5.97 Å². The molecule has 17 heavy (non-hydrogen) atoms. The van der Waals surface area contributed by atoms with Crippen LogP contribution in [0.5, 0.6) is 0 Å². The molecule has 2 heterocycles. The van der Waals surface area contributed by atoms with Gasteiger partial charge in [0.1, 0.15) is 5.41 Å². The van der Waals surface area contributed by atoms with Gasteiger partial charge in [-0.15, -0.1) is 0 Å². The molecule has 0 aromatic heterocycles. The molecule has 2 saturated heterocycles. The number of aliphatic carboxylic acids is 1. The number of carboxylic acids is 1. The summed E-state index contributed by atoms with van der Waals surface area (Å²) < 4.78 is 5.35. The molecule has 2 fully saturated rings. The van der Waals surface area contributed by atoms with E-state index in [-0.39, 0.29) is 0 Å². The Labute approximate surface area is 106 Å². The molecule has 2 rings (SSSR count). The average Bonchev–Trinajstić information content (AvgIpc) is 2.56. The van der Waals surface area contributed by atoms with Gasteiger partial charge in [-0.3, -0.25) is 4.79 Å². The molecular formula is C12H20O4S. The second kappa shape index (κ2) is 5.16. The molecule has 0 aromatic carbocycles. The van der Waals surface area contributed by atoms with E-state index in [2.05, 4.69) is 0 Å². The molecular weight excluding hydrogens is 240 g/mol. The highest BCUT2D eigenvalue weighted by atomic mass is 32.2. The zero-order valence-corrected chi connectivity index (χ0v) is 10.8. The molecule has 0 bridgehead atoms. The number of hydrogen-bond donors (Lipinski definition) is 2. The van der Waals surface area contributed by atoms with Crippen LogP contribution >= 0.6 is 11.8 Å². The van der Waals surface area contributed by atoms with Gasteiger partial charge in [-0.05, 0) is 31.4 Å². The number of ether oxygens (including phenoxy) is 1. The molecule has 2 N–H and O–H groups in total. The highest BCUT2D eigenvalue weighted by Gasteiger charge is 2.56. The lowest BCUT2D eigenvalue weighted by molar-refractivity contribution is -0.170. The van der Waals surface area contributed by atoms with Crippen LogP contribution in [0.3, 0.4) is 0 Å². The predicted octanol–water partition coefficient (Wildman–Crippen LogP) is 1.52. The number of aliphatic hydroxyl groups is 1. The molecule has 0 amide bonds. The van der Waals surface area contributed by atoms with Crippen molar-refractivity contribution in [3.8, 4) is 0 Å². The summed E-state index contributed by atoms with van der Waals surface area (Å²) in [4.78, 5) is 11.7. The van der Waals surface area contributed by atoms with Gasteiger partial charge in [-0.25, -0.2) is 0 Å². The Kier molecular flexibility index (Phi) is 4.00. The van der Waals surface area contributed by atoms with Crippen molar-refractivity contribution in [1.82, 2.24) is 0 Å². The normalized spacial score (nSPS) is 39.6. The van der Waals surface area contributed by atoms with Crippen LogP contribution in [0, 0.1) is 5.41 Å². The van der Waals surface area contributed by atoms with Gasteiger partial charge in [-0.2, -0.15) is 11.8 Å². The van der Waals surface area contributed by atoms with Crippen molar-refractivity contribution in [2.24, 2.45) is 5.41 Å². The third-order valence-electron chi connectivity index (χ3n) is 4.08. The van der Waals surface area contributed by atoms with Crippen molar-refractivity contribution in [1.29, 1.82) is 0 Å². The monoisotopic (exact) mass is 260 g/mol. The first-order valence-electron chi connectivity index (χ1n) is 6.22. The first-order valence-corrected chi connectivity index (χ1v) is 7.37. The summed E-state index contributed by atoms with van der Waals surface area (Å²) in [6, 6.07) is 0. The molecule has 2 aliphatic heterocycles. The van der Waals surface area contributed by atoms with E-state index >= 15 is 0 Å². The number of carbonyl (C=O) groups is 1. The molecule has 0 saturated carbocycles. The second-order valence-corrected chi connectivity index (χ2v) is 6.15. The van der Waals surface area contributed by atoms with Gasteiger partial charge in [0.2, 0.25) is 0 Å². The number of hydrogen-bond acceptors (Lipinski definition) is 4. The summed E-state index contributed by atoms with van der Waals surface area (Å²) in [5.41, 5.74) is -2.06. The van der Waals surface area contributed by atoms with E-state index in [1.807, 2.05) is 0 Å². The summed E-state index contributed by atoms with van der Waals surface area (Å²) in [5, 5.41) is 20.4. The van der Waals surface area contributed by atoms with Crippen molar-refractivity contribution >= 4 is 17.7 Å². The van der Waals surface area contributed by atoms with Crippen molar-refractivity contribution in [2.45, 2.75) is 37.7 Å². The highest BCUT2D eigenvalue weighted by molar-refractivity contribution is 7.99. The minimum atomic E-state index is -1.09. The lowest BCUT2D eigenvalue weighted by Gasteiger charge is -2.45. The Morgan fingerprint density at radius 2 is 2.00 bits per heavy atom. The Hall–Kier alpha value is -0.260. The minimum Gasteiger partial charge on any atom is -0.481 e. The Morgan fingerprint density at radius 1 is 1.18 bits per heavy atom. The maximum Gasteiger partial charge on any atom is 0.313 e. The Bertz CT molecular complexity index is 278. The molecule has 2 unspecified atom stereocenters. The lowest BCUT2D eigenvalue weighted by atomic mass is 9.66. The van der Waals surface area contributed by atoms with Gasteiger partial charge in [0.05, 0.1) is 5.60 Å². The summed E-state index contributed by atoms with van der Waals surface area (Å²) in [5.74, 6) is 0.689. The SMILES string of the molecule is O=C(O)C1(C2(O)CCCOCC2)CCCSC1. The largest absolute Gasteiger partial charge is 0.481 e. The van der Waals surface area contributed by atoms with E-state index < -0.39 is 17.0 Å². The van der Waals surface area contributed by atoms with Crippen LogP contribution in [0.1, 0.15) is 32.1 Å². The summed E-state index contributed by atoms with van der Waals surface area (Å²) in [6.07, 6.45) is 3.20. The first kappa shape index (κ1) is 13.2. The average molecular weight is 260 g/mol. The third-order valence-corrected chi connectivity index (χ3v) is 5.35. The standard InChI is InChI=1S/C12H20O4S/c13-10(14)11(3-2-8-17-9-11)12(15)4-1-6-16-7-5-12/h15H,1-9H2,(H,13,14). The van der Waals surface area contributed by atoms with Gasteiger partial charge in [-0.1, -0.05) is 0 Å². The highest BCUT2D eigenvalue weighted by Crippen LogP contribution is 2.47. The zero-order valence-electron chi connectivity index (χ0n) is 9.98. The maximum atomic E-state index is 11.7. The number of carboxylic acid groups (broad SMARTS) is 1. The smallest absolute Gasteiger partial charge is 0.313 e. The molecule has 2 aliphatic rings. The number of thioether (sulfide) groups is 1. The molecule has 0 aromatic rings. The van der Waals surface area contributed by atoms with Gasteiger partial charge in [0, 0.05) is 25.4 Å². The Balaban J connectivity index is 2.26. The van der Waals surface area contributed by atoms with Gasteiger partial charge < -0.3 is 14.9 Å². The molecule has 4 nitrogen and oxygen atoms in total. The fraction of sp³-hybridized carbons (Fsp3) is 0.917. The second-order valence-electron chi connectivity index (χ2n) is 5.04. The van der Waals surface area contributed by atoms with Crippen LogP contribution in [0.15, 0.2) is 0 Å². The fourth-order valence-electron chi connectivity index (χ4n) is 2.94. The molecule has 0 spiro atoms.